The molecule has 88 valence electrons. The van der Waals surface area contributed by atoms with Crippen LogP contribution < -0.4 is 0 Å². The molecular weight excluding hydrogens is 296 g/mol. The summed E-state index contributed by atoms with van der Waals surface area (Å²) in [5, 5.41) is 0.803. The van der Waals surface area contributed by atoms with Gasteiger partial charge >= 0.3 is 0 Å². The molecule has 0 aromatic heterocycles. The van der Waals surface area contributed by atoms with Crippen molar-refractivity contribution in [3.8, 4) is 11.1 Å². The van der Waals surface area contributed by atoms with E-state index in [9.17, 15) is 0 Å². The molecular formula is C15H14BrCl. The molecule has 0 atom stereocenters. The van der Waals surface area contributed by atoms with Gasteiger partial charge in [0.2, 0.25) is 0 Å². The van der Waals surface area contributed by atoms with Gasteiger partial charge in [-0.1, -0.05) is 45.7 Å². The van der Waals surface area contributed by atoms with Crippen LogP contribution in [0.2, 0.25) is 5.02 Å². The Hall–Kier alpha value is -0.790. The van der Waals surface area contributed by atoms with Gasteiger partial charge in [-0.25, -0.2) is 0 Å². The Kier molecular flexibility index (Phi) is 3.60. The van der Waals surface area contributed by atoms with Crippen molar-refractivity contribution < 1.29 is 0 Å². The van der Waals surface area contributed by atoms with Crippen LogP contribution in [0.25, 0.3) is 11.1 Å². The van der Waals surface area contributed by atoms with Crippen molar-refractivity contribution in [2.24, 2.45) is 0 Å². The van der Waals surface area contributed by atoms with Gasteiger partial charge in [0, 0.05) is 20.6 Å². The quantitative estimate of drug-likeness (QED) is 0.634. The first-order chi connectivity index (χ1) is 8.00. The molecule has 0 radical (unpaired) electrons. The average Bonchev–Trinajstić information content (AvgIpc) is 2.21. The summed E-state index contributed by atoms with van der Waals surface area (Å²) in [6.07, 6.45) is 0. The van der Waals surface area contributed by atoms with E-state index in [2.05, 4.69) is 54.9 Å². The highest BCUT2D eigenvalue weighted by Gasteiger charge is 2.13. The molecule has 0 N–H and O–H groups in total. The first-order valence-corrected chi connectivity index (χ1v) is 6.70. The van der Waals surface area contributed by atoms with Gasteiger partial charge in [-0.05, 0) is 49.6 Å². The van der Waals surface area contributed by atoms with Gasteiger partial charge in [-0.3, -0.25) is 0 Å². The topological polar surface area (TPSA) is 0 Å². The molecule has 0 saturated carbocycles. The zero-order valence-electron chi connectivity index (χ0n) is 10.1. The molecule has 2 heteroatoms. The number of rotatable bonds is 1. The van der Waals surface area contributed by atoms with Crippen LogP contribution in [0.5, 0.6) is 0 Å². The van der Waals surface area contributed by atoms with Gasteiger partial charge in [-0.15, -0.1) is 0 Å². The number of benzene rings is 2. The average molecular weight is 310 g/mol. The van der Waals surface area contributed by atoms with Crippen molar-refractivity contribution in [2.75, 3.05) is 0 Å². The van der Waals surface area contributed by atoms with Gasteiger partial charge in [0.15, 0.2) is 0 Å². The van der Waals surface area contributed by atoms with E-state index in [-0.39, 0.29) is 0 Å². The molecule has 2 aromatic rings. The monoisotopic (exact) mass is 308 g/mol. The summed E-state index contributed by atoms with van der Waals surface area (Å²) >= 11 is 9.97. The lowest BCUT2D eigenvalue weighted by Gasteiger charge is -2.14. The summed E-state index contributed by atoms with van der Waals surface area (Å²) in [5.74, 6) is 0. The van der Waals surface area contributed by atoms with E-state index in [0.717, 1.165) is 15.1 Å². The molecule has 0 aliphatic heterocycles. The van der Waals surface area contributed by atoms with Gasteiger partial charge in [-0.2, -0.15) is 0 Å². The van der Waals surface area contributed by atoms with Crippen LogP contribution in [0.4, 0.5) is 0 Å². The van der Waals surface area contributed by atoms with Crippen molar-refractivity contribution in [3.05, 3.63) is 56.5 Å². The van der Waals surface area contributed by atoms with Crippen molar-refractivity contribution in [1.82, 2.24) is 0 Å². The Balaban J connectivity index is 2.77. The molecule has 0 unspecified atom stereocenters. The molecule has 0 nitrogen and oxygen atoms in total. The smallest absolute Gasteiger partial charge is 0.0487 e. The predicted octanol–water partition coefficient (Wildman–Crippen LogP) is 5.69. The molecule has 2 aromatic carbocycles. The Labute approximate surface area is 116 Å². The number of hydrogen-bond donors (Lipinski definition) is 0. The second-order valence-corrected chi connectivity index (χ2v) is 5.63. The van der Waals surface area contributed by atoms with E-state index >= 15 is 0 Å². The minimum Gasteiger partial charge on any atom is -0.0837 e. The molecule has 0 bridgehead atoms. The van der Waals surface area contributed by atoms with Crippen LogP contribution in [0, 0.1) is 20.8 Å². The standard InChI is InChI=1S/C15H14BrCl/c1-9-7-11(3)14(12(16)8-9)15-10(2)5-4-6-13(15)17/h4-8H,1-3H3. The second kappa shape index (κ2) is 4.83. The maximum absolute atomic E-state index is 6.33. The van der Waals surface area contributed by atoms with Crippen LogP contribution in [0.15, 0.2) is 34.8 Å². The molecule has 0 spiro atoms. The van der Waals surface area contributed by atoms with E-state index in [1.165, 1.54) is 22.3 Å². The van der Waals surface area contributed by atoms with Crippen LogP contribution in [0.3, 0.4) is 0 Å². The summed E-state index contributed by atoms with van der Waals surface area (Å²) in [6.45, 7) is 6.31. The third-order valence-electron chi connectivity index (χ3n) is 2.90. The van der Waals surface area contributed by atoms with E-state index in [1.54, 1.807) is 0 Å². The molecule has 2 rings (SSSR count). The molecule has 0 saturated heterocycles. The zero-order chi connectivity index (χ0) is 12.6. The highest BCUT2D eigenvalue weighted by molar-refractivity contribution is 9.10. The lowest BCUT2D eigenvalue weighted by Crippen LogP contribution is -1.91. The Bertz CT molecular complexity index is 530. The summed E-state index contributed by atoms with van der Waals surface area (Å²) in [6, 6.07) is 10.3. The van der Waals surface area contributed by atoms with Crippen LogP contribution in [-0.4, -0.2) is 0 Å². The summed E-state index contributed by atoms with van der Waals surface area (Å²) in [5.41, 5.74) is 6.01. The first-order valence-electron chi connectivity index (χ1n) is 5.53. The highest BCUT2D eigenvalue weighted by Crippen LogP contribution is 2.38. The fourth-order valence-corrected chi connectivity index (χ4v) is 3.37. The van der Waals surface area contributed by atoms with Crippen molar-refractivity contribution >= 4 is 27.5 Å². The van der Waals surface area contributed by atoms with Crippen molar-refractivity contribution in [2.45, 2.75) is 20.8 Å². The van der Waals surface area contributed by atoms with Crippen molar-refractivity contribution in [1.29, 1.82) is 0 Å². The Morgan fingerprint density at radius 1 is 0.941 bits per heavy atom. The van der Waals surface area contributed by atoms with E-state index in [1.807, 2.05) is 12.1 Å². The molecule has 0 fully saturated rings. The fourth-order valence-electron chi connectivity index (χ4n) is 2.18. The molecule has 0 heterocycles. The second-order valence-electron chi connectivity index (χ2n) is 4.37. The molecule has 0 amide bonds. The molecule has 17 heavy (non-hydrogen) atoms. The van der Waals surface area contributed by atoms with Gasteiger partial charge in [0.25, 0.3) is 0 Å². The van der Waals surface area contributed by atoms with Gasteiger partial charge in [0.1, 0.15) is 0 Å². The van der Waals surface area contributed by atoms with E-state index < -0.39 is 0 Å². The minimum atomic E-state index is 0.803. The largest absolute Gasteiger partial charge is 0.0837 e. The van der Waals surface area contributed by atoms with Crippen molar-refractivity contribution in [3.63, 3.8) is 0 Å². The summed E-state index contributed by atoms with van der Waals surface area (Å²) < 4.78 is 1.10. The summed E-state index contributed by atoms with van der Waals surface area (Å²) in [7, 11) is 0. The van der Waals surface area contributed by atoms with Crippen LogP contribution in [0.1, 0.15) is 16.7 Å². The van der Waals surface area contributed by atoms with Gasteiger partial charge < -0.3 is 0 Å². The fraction of sp³-hybridized carbons (Fsp3) is 0.200. The molecule has 0 aliphatic carbocycles. The predicted molar refractivity (Wildman–Crippen MR) is 78.8 cm³/mol. The van der Waals surface area contributed by atoms with Gasteiger partial charge in [0.05, 0.1) is 0 Å². The number of aryl methyl sites for hydroxylation is 3. The Morgan fingerprint density at radius 2 is 1.65 bits per heavy atom. The maximum Gasteiger partial charge on any atom is 0.0487 e. The minimum absolute atomic E-state index is 0.803. The van der Waals surface area contributed by atoms with E-state index in [0.29, 0.717) is 0 Å². The lowest BCUT2D eigenvalue weighted by atomic mass is 9.95. The highest BCUT2D eigenvalue weighted by atomic mass is 79.9. The Morgan fingerprint density at radius 3 is 2.24 bits per heavy atom. The SMILES string of the molecule is Cc1cc(C)c(-c2c(C)cccc2Cl)c(Br)c1. The summed E-state index contributed by atoms with van der Waals surface area (Å²) in [4.78, 5) is 0. The third-order valence-corrected chi connectivity index (χ3v) is 3.84. The maximum atomic E-state index is 6.33. The normalized spacial score (nSPS) is 10.6. The number of hydrogen-bond acceptors (Lipinski definition) is 0. The first kappa shape index (κ1) is 12.7. The lowest BCUT2D eigenvalue weighted by molar-refractivity contribution is 1.35. The zero-order valence-corrected chi connectivity index (χ0v) is 12.5. The van der Waals surface area contributed by atoms with Crippen LogP contribution >= 0.6 is 27.5 Å². The third kappa shape index (κ3) is 2.41. The van der Waals surface area contributed by atoms with E-state index in [4.69, 9.17) is 11.6 Å². The number of halogens is 2. The van der Waals surface area contributed by atoms with Crippen LogP contribution in [-0.2, 0) is 0 Å². The molecule has 0 aliphatic rings.